The van der Waals surface area contributed by atoms with Gasteiger partial charge in [-0.2, -0.15) is 11.8 Å². The second-order valence-corrected chi connectivity index (χ2v) is 3.22. The van der Waals surface area contributed by atoms with E-state index in [1.165, 1.54) is 0 Å². The Labute approximate surface area is 53.5 Å². The first-order valence-electron chi connectivity index (χ1n) is 2.78. The van der Waals surface area contributed by atoms with Crippen molar-refractivity contribution in [3.05, 3.63) is 0 Å². The van der Waals surface area contributed by atoms with Crippen LogP contribution in [0.15, 0.2) is 0 Å². The molecule has 2 atom stereocenters. The van der Waals surface area contributed by atoms with E-state index in [0.29, 0.717) is 5.92 Å². The van der Waals surface area contributed by atoms with Gasteiger partial charge in [0.2, 0.25) is 0 Å². The summed E-state index contributed by atoms with van der Waals surface area (Å²) in [4.78, 5) is 0. The summed E-state index contributed by atoms with van der Waals surface area (Å²) in [5.74, 6) is 2.42. The average Bonchev–Trinajstić information content (AvgIpc) is 2.14. The van der Waals surface area contributed by atoms with Gasteiger partial charge in [-0.25, -0.2) is 0 Å². The Kier molecular flexibility index (Phi) is 2.16. The lowest BCUT2D eigenvalue weighted by molar-refractivity contribution is 0.229. The van der Waals surface area contributed by atoms with Gasteiger partial charge in [0, 0.05) is 24.3 Å². The Morgan fingerprint density at radius 2 is 2.38 bits per heavy atom. The van der Waals surface area contributed by atoms with E-state index < -0.39 is 0 Å². The average molecular weight is 133 g/mol. The molecule has 1 aliphatic heterocycles. The molecule has 3 heteroatoms. The zero-order chi connectivity index (χ0) is 5.98. The van der Waals surface area contributed by atoms with Gasteiger partial charge in [-0.05, 0) is 5.75 Å². The van der Waals surface area contributed by atoms with E-state index in [4.69, 9.17) is 10.8 Å². The molecule has 1 aliphatic rings. The zero-order valence-electron chi connectivity index (χ0n) is 4.71. The molecule has 1 fully saturated rings. The van der Waals surface area contributed by atoms with Crippen LogP contribution in [0.2, 0.25) is 0 Å². The molecule has 0 aromatic carbocycles. The van der Waals surface area contributed by atoms with Gasteiger partial charge in [0.1, 0.15) is 0 Å². The summed E-state index contributed by atoms with van der Waals surface area (Å²) in [7, 11) is 0. The van der Waals surface area contributed by atoms with E-state index in [1.54, 1.807) is 0 Å². The Bertz CT molecular complexity index is 78.8. The van der Waals surface area contributed by atoms with Crippen molar-refractivity contribution in [1.82, 2.24) is 0 Å². The lowest BCUT2D eigenvalue weighted by atomic mass is 10.1. The van der Waals surface area contributed by atoms with Crippen molar-refractivity contribution < 1.29 is 5.11 Å². The summed E-state index contributed by atoms with van der Waals surface area (Å²) in [5.41, 5.74) is 5.61. The van der Waals surface area contributed by atoms with Crippen molar-refractivity contribution in [3.63, 3.8) is 0 Å². The van der Waals surface area contributed by atoms with Gasteiger partial charge in [0.15, 0.2) is 0 Å². The maximum Gasteiger partial charge on any atom is 0.0482 e. The van der Waals surface area contributed by atoms with Gasteiger partial charge in [0.25, 0.3) is 0 Å². The molecule has 48 valence electrons. The van der Waals surface area contributed by atoms with Crippen molar-refractivity contribution >= 4 is 11.8 Å². The summed E-state index contributed by atoms with van der Waals surface area (Å²) < 4.78 is 0. The van der Waals surface area contributed by atoms with Crippen LogP contribution >= 0.6 is 11.8 Å². The molecule has 2 nitrogen and oxygen atoms in total. The van der Waals surface area contributed by atoms with E-state index in [1.807, 2.05) is 11.8 Å². The summed E-state index contributed by atoms with van der Waals surface area (Å²) in [6.45, 7) is 0.258. The van der Waals surface area contributed by atoms with E-state index in [-0.39, 0.29) is 12.6 Å². The largest absolute Gasteiger partial charge is 0.396 e. The molecule has 3 N–H and O–H groups in total. The maximum absolute atomic E-state index is 8.64. The number of hydrogen-bond donors (Lipinski definition) is 2. The molecule has 8 heavy (non-hydrogen) atoms. The molecule has 1 saturated heterocycles. The topological polar surface area (TPSA) is 46.2 Å². The third-order valence-electron chi connectivity index (χ3n) is 1.48. The van der Waals surface area contributed by atoms with Crippen LogP contribution in [0.25, 0.3) is 0 Å². The molecule has 0 spiro atoms. The molecule has 0 amide bonds. The quantitative estimate of drug-likeness (QED) is 0.515. The molecule has 0 unspecified atom stereocenters. The normalized spacial score (nSPS) is 38.2. The smallest absolute Gasteiger partial charge is 0.0482 e. The van der Waals surface area contributed by atoms with Crippen LogP contribution in [0.4, 0.5) is 0 Å². The van der Waals surface area contributed by atoms with Crippen molar-refractivity contribution in [2.24, 2.45) is 11.7 Å². The number of aliphatic hydroxyl groups excluding tert-OH is 1. The lowest BCUT2D eigenvalue weighted by Crippen LogP contribution is -2.30. The summed E-state index contributed by atoms with van der Waals surface area (Å²) in [6, 6.07) is 0.241. The fourth-order valence-corrected chi connectivity index (χ4v) is 2.14. The van der Waals surface area contributed by atoms with Gasteiger partial charge < -0.3 is 10.8 Å². The highest BCUT2D eigenvalue weighted by Gasteiger charge is 2.22. The molecule has 0 bridgehead atoms. The number of hydrogen-bond acceptors (Lipinski definition) is 3. The number of aliphatic hydroxyl groups is 1. The molecule has 0 aliphatic carbocycles. The van der Waals surface area contributed by atoms with Crippen LogP contribution < -0.4 is 5.73 Å². The highest BCUT2D eigenvalue weighted by molar-refractivity contribution is 7.99. The molecular formula is C5H11NOS. The van der Waals surface area contributed by atoms with Gasteiger partial charge in [-0.15, -0.1) is 0 Å². The molecule has 1 rings (SSSR count). The van der Waals surface area contributed by atoms with Crippen LogP contribution in [-0.4, -0.2) is 29.3 Å². The van der Waals surface area contributed by atoms with E-state index in [0.717, 1.165) is 11.5 Å². The number of thioether (sulfide) groups is 1. The first-order chi connectivity index (χ1) is 3.84. The molecule has 1 heterocycles. The third-order valence-corrected chi connectivity index (χ3v) is 2.77. The van der Waals surface area contributed by atoms with Gasteiger partial charge in [0.05, 0.1) is 0 Å². The molecule has 0 saturated carbocycles. The molecular weight excluding hydrogens is 122 g/mol. The Morgan fingerprint density at radius 1 is 1.62 bits per heavy atom. The number of rotatable bonds is 1. The fraction of sp³-hybridized carbons (Fsp3) is 1.00. The Balaban J connectivity index is 2.30. The van der Waals surface area contributed by atoms with Crippen LogP contribution in [-0.2, 0) is 0 Å². The van der Waals surface area contributed by atoms with Crippen molar-refractivity contribution in [2.75, 3.05) is 18.1 Å². The van der Waals surface area contributed by atoms with E-state index in [2.05, 4.69) is 0 Å². The predicted octanol–water partition coefficient (Wildman–Crippen LogP) is -0.331. The molecule has 0 aromatic rings. The first kappa shape index (κ1) is 6.39. The minimum atomic E-state index is 0.241. The van der Waals surface area contributed by atoms with Gasteiger partial charge in [-0.3, -0.25) is 0 Å². The monoisotopic (exact) mass is 133 g/mol. The summed E-state index contributed by atoms with van der Waals surface area (Å²) in [6.07, 6.45) is 0. The van der Waals surface area contributed by atoms with E-state index >= 15 is 0 Å². The summed E-state index contributed by atoms with van der Waals surface area (Å²) in [5, 5.41) is 8.64. The number of nitrogens with two attached hydrogens (primary N) is 1. The first-order valence-corrected chi connectivity index (χ1v) is 3.94. The van der Waals surface area contributed by atoms with Crippen LogP contribution in [0.1, 0.15) is 0 Å². The van der Waals surface area contributed by atoms with Gasteiger partial charge in [-0.1, -0.05) is 0 Å². The second-order valence-electron chi connectivity index (χ2n) is 2.14. The fourth-order valence-electron chi connectivity index (χ4n) is 0.803. The van der Waals surface area contributed by atoms with E-state index in [9.17, 15) is 0 Å². The summed E-state index contributed by atoms with van der Waals surface area (Å²) >= 11 is 1.83. The minimum Gasteiger partial charge on any atom is -0.396 e. The highest BCUT2D eigenvalue weighted by atomic mass is 32.2. The standard InChI is InChI=1S/C5H11NOS/c6-5-3-8-2-4(5)1-7/h4-5,7H,1-3,6H2/t4-,5-/m0/s1. The maximum atomic E-state index is 8.64. The minimum absolute atomic E-state index is 0.241. The van der Waals surface area contributed by atoms with Crippen molar-refractivity contribution in [2.45, 2.75) is 6.04 Å². The predicted molar refractivity (Wildman–Crippen MR) is 35.9 cm³/mol. The Morgan fingerprint density at radius 3 is 2.62 bits per heavy atom. The zero-order valence-corrected chi connectivity index (χ0v) is 5.53. The second kappa shape index (κ2) is 2.71. The lowest BCUT2D eigenvalue weighted by Gasteiger charge is -2.08. The van der Waals surface area contributed by atoms with Crippen molar-refractivity contribution in [1.29, 1.82) is 0 Å². The van der Waals surface area contributed by atoms with Crippen LogP contribution in [0.5, 0.6) is 0 Å². The Hall–Kier alpha value is 0.270. The van der Waals surface area contributed by atoms with Gasteiger partial charge >= 0.3 is 0 Å². The third kappa shape index (κ3) is 1.16. The van der Waals surface area contributed by atoms with Crippen LogP contribution in [0, 0.1) is 5.92 Å². The van der Waals surface area contributed by atoms with Crippen LogP contribution in [0.3, 0.4) is 0 Å². The highest BCUT2D eigenvalue weighted by Crippen LogP contribution is 2.21. The molecule has 0 radical (unpaired) electrons. The SMILES string of the molecule is N[C@H]1CSC[C@@H]1CO. The molecule has 0 aromatic heterocycles. The van der Waals surface area contributed by atoms with Crippen molar-refractivity contribution in [3.8, 4) is 0 Å².